The first-order valence-corrected chi connectivity index (χ1v) is 7.05. The molecule has 1 unspecified atom stereocenters. The van der Waals surface area contributed by atoms with Crippen LogP contribution in [0.25, 0.3) is 0 Å². The van der Waals surface area contributed by atoms with Crippen LogP contribution in [0.5, 0.6) is 0 Å². The minimum absolute atomic E-state index is 0.153. The van der Waals surface area contributed by atoms with E-state index in [1.54, 1.807) is 0 Å². The quantitative estimate of drug-likeness (QED) is 0.541. The zero-order valence-electron chi connectivity index (χ0n) is 9.33. The summed E-state index contributed by atoms with van der Waals surface area (Å²) in [5.74, 6) is -1.53. The molecule has 1 saturated heterocycles. The molecule has 0 spiro atoms. The minimum atomic E-state index is -3.70. The van der Waals surface area contributed by atoms with Crippen LogP contribution in [0.3, 0.4) is 0 Å². The Morgan fingerprint density at radius 1 is 1.53 bits per heavy atom. The molecular formula is C9H17NO6S. The third-order valence-electron chi connectivity index (χ3n) is 2.47. The predicted octanol–water partition coefficient (Wildman–Crippen LogP) is -1.08. The third-order valence-corrected chi connectivity index (χ3v) is 3.92. The first-order chi connectivity index (χ1) is 7.94. The lowest BCUT2D eigenvalue weighted by Gasteiger charge is -2.15. The van der Waals surface area contributed by atoms with Gasteiger partial charge in [-0.15, -0.1) is 0 Å². The van der Waals surface area contributed by atoms with E-state index < -0.39 is 22.0 Å². The molecule has 3 N–H and O–H groups in total. The van der Waals surface area contributed by atoms with Crippen molar-refractivity contribution < 1.29 is 28.2 Å². The van der Waals surface area contributed by atoms with Gasteiger partial charge in [-0.1, -0.05) is 0 Å². The second-order valence-corrected chi connectivity index (χ2v) is 5.74. The fourth-order valence-corrected chi connectivity index (χ4v) is 3.15. The smallest absolute Gasteiger partial charge is 0.321 e. The molecular weight excluding hydrogens is 250 g/mol. The van der Waals surface area contributed by atoms with Crippen LogP contribution in [0.1, 0.15) is 19.3 Å². The number of ether oxygens (including phenoxy) is 1. The van der Waals surface area contributed by atoms with Crippen LogP contribution >= 0.6 is 0 Å². The molecule has 1 aliphatic rings. The average Bonchev–Trinajstić information content (AvgIpc) is 2.68. The number of sulfonamides is 1. The largest absolute Gasteiger partial charge is 0.480 e. The number of nitrogens with one attached hydrogen (secondary N) is 1. The van der Waals surface area contributed by atoms with Crippen LogP contribution < -0.4 is 4.72 Å². The number of aliphatic hydroxyl groups excluding tert-OH is 1. The van der Waals surface area contributed by atoms with Gasteiger partial charge >= 0.3 is 5.97 Å². The van der Waals surface area contributed by atoms with Crippen LogP contribution in [0.15, 0.2) is 0 Å². The Kier molecular flexibility index (Phi) is 5.31. The summed E-state index contributed by atoms with van der Waals surface area (Å²) in [6.07, 6.45) is 0.967. The molecule has 1 heterocycles. The van der Waals surface area contributed by atoms with Crippen molar-refractivity contribution in [3.05, 3.63) is 0 Å². The van der Waals surface area contributed by atoms with E-state index in [2.05, 4.69) is 4.72 Å². The Labute approximate surface area is 99.8 Å². The Balaban J connectivity index is 2.53. The standard InChI is InChI=1S/C9H17NO6S/c11-4-3-8(9(12)13)10-17(14,15)6-7-2-1-5-16-7/h7-8,10-11H,1-6H2,(H,12,13)/t7?,8-/m1/s1. The molecule has 0 amide bonds. The van der Waals surface area contributed by atoms with Crippen molar-refractivity contribution in [3.8, 4) is 0 Å². The van der Waals surface area contributed by atoms with Crippen molar-refractivity contribution in [2.45, 2.75) is 31.4 Å². The highest BCUT2D eigenvalue weighted by Gasteiger charge is 2.28. The summed E-state index contributed by atoms with van der Waals surface area (Å²) in [6.45, 7) is 0.151. The van der Waals surface area contributed by atoms with Crippen molar-refractivity contribution >= 4 is 16.0 Å². The molecule has 1 rings (SSSR count). The second-order valence-electron chi connectivity index (χ2n) is 3.94. The zero-order valence-corrected chi connectivity index (χ0v) is 10.1. The molecule has 0 aliphatic carbocycles. The van der Waals surface area contributed by atoms with Crippen LogP contribution in [-0.2, 0) is 19.6 Å². The molecule has 8 heteroatoms. The Morgan fingerprint density at radius 3 is 2.71 bits per heavy atom. The highest BCUT2D eigenvalue weighted by molar-refractivity contribution is 7.89. The molecule has 0 aromatic heterocycles. The highest BCUT2D eigenvalue weighted by Crippen LogP contribution is 2.13. The maximum Gasteiger partial charge on any atom is 0.321 e. The summed E-state index contributed by atoms with van der Waals surface area (Å²) in [7, 11) is -3.70. The average molecular weight is 267 g/mol. The fourth-order valence-electron chi connectivity index (χ4n) is 1.65. The van der Waals surface area contributed by atoms with E-state index >= 15 is 0 Å². The van der Waals surface area contributed by atoms with Crippen molar-refractivity contribution in [2.75, 3.05) is 19.0 Å². The second kappa shape index (κ2) is 6.29. The van der Waals surface area contributed by atoms with E-state index in [4.69, 9.17) is 14.9 Å². The van der Waals surface area contributed by atoms with E-state index in [0.717, 1.165) is 6.42 Å². The van der Waals surface area contributed by atoms with Gasteiger partial charge < -0.3 is 14.9 Å². The summed E-state index contributed by atoms with van der Waals surface area (Å²) in [4.78, 5) is 10.7. The topological polar surface area (TPSA) is 113 Å². The van der Waals surface area contributed by atoms with Gasteiger partial charge in [0.25, 0.3) is 0 Å². The van der Waals surface area contributed by atoms with Gasteiger partial charge in [0.05, 0.1) is 11.9 Å². The van der Waals surface area contributed by atoms with Gasteiger partial charge in [0.15, 0.2) is 0 Å². The van der Waals surface area contributed by atoms with E-state index in [9.17, 15) is 13.2 Å². The lowest BCUT2D eigenvalue weighted by molar-refractivity contribution is -0.139. The van der Waals surface area contributed by atoms with Gasteiger partial charge in [-0.25, -0.2) is 13.1 Å². The Bertz CT molecular complexity index is 348. The lowest BCUT2D eigenvalue weighted by atomic mass is 10.2. The number of rotatable bonds is 7. The number of hydrogen-bond acceptors (Lipinski definition) is 5. The van der Waals surface area contributed by atoms with E-state index in [1.165, 1.54) is 0 Å². The third kappa shape index (κ3) is 4.99. The van der Waals surface area contributed by atoms with Gasteiger partial charge in [-0.2, -0.15) is 0 Å². The normalized spacial score (nSPS) is 22.5. The summed E-state index contributed by atoms with van der Waals surface area (Å²) in [5.41, 5.74) is 0. The van der Waals surface area contributed by atoms with Crippen LogP contribution in [0.4, 0.5) is 0 Å². The molecule has 1 aliphatic heterocycles. The predicted molar refractivity (Wildman–Crippen MR) is 59.0 cm³/mol. The first kappa shape index (κ1) is 14.4. The summed E-state index contributed by atoms with van der Waals surface area (Å²) < 4.78 is 30.5. The number of aliphatic carboxylic acids is 1. The molecule has 0 radical (unpaired) electrons. The number of carboxylic acid groups (broad SMARTS) is 1. The summed E-state index contributed by atoms with van der Waals surface area (Å²) >= 11 is 0. The van der Waals surface area contributed by atoms with E-state index in [1.807, 2.05) is 0 Å². The summed E-state index contributed by atoms with van der Waals surface area (Å²) in [5, 5.41) is 17.4. The van der Waals surface area contributed by atoms with Crippen LogP contribution in [0.2, 0.25) is 0 Å². The fraction of sp³-hybridized carbons (Fsp3) is 0.889. The van der Waals surface area contributed by atoms with E-state index in [-0.39, 0.29) is 24.9 Å². The highest BCUT2D eigenvalue weighted by atomic mass is 32.2. The monoisotopic (exact) mass is 267 g/mol. The zero-order chi connectivity index (χ0) is 12.9. The SMILES string of the molecule is O=C(O)[C@@H](CCO)NS(=O)(=O)CC1CCCO1. The van der Waals surface area contributed by atoms with Gasteiger partial charge in [-0.3, -0.25) is 4.79 Å². The van der Waals surface area contributed by atoms with Gasteiger partial charge in [0, 0.05) is 13.2 Å². The molecule has 100 valence electrons. The molecule has 1 fully saturated rings. The number of aliphatic hydroxyl groups is 1. The summed E-state index contributed by atoms with van der Waals surface area (Å²) in [6, 6.07) is -1.29. The molecule has 0 bridgehead atoms. The number of carboxylic acids is 1. The Morgan fingerprint density at radius 2 is 2.24 bits per heavy atom. The molecule has 0 saturated carbocycles. The van der Waals surface area contributed by atoms with Crippen molar-refractivity contribution in [2.24, 2.45) is 0 Å². The maximum atomic E-state index is 11.6. The molecule has 17 heavy (non-hydrogen) atoms. The number of hydrogen-bond donors (Lipinski definition) is 3. The van der Waals surface area contributed by atoms with Crippen molar-refractivity contribution in [3.63, 3.8) is 0 Å². The van der Waals surface area contributed by atoms with Gasteiger partial charge in [0.2, 0.25) is 10.0 Å². The van der Waals surface area contributed by atoms with Crippen molar-refractivity contribution in [1.29, 1.82) is 0 Å². The lowest BCUT2D eigenvalue weighted by Crippen LogP contribution is -2.44. The molecule has 0 aromatic carbocycles. The van der Waals surface area contributed by atoms with Gasteiger partial charge in [-0.05, 0) is 19.3 Å². The molecule has 2 atom stereocenters. The minimum Gasteiger partial charge on any atom is -0.480 e. The van der Waals surface area contributed by atoms with Crippen molar-refractivity contribution in [1.82, 2.24) is 4.72 Å². The van der Waals surface area contributed by atoms with Crippen LogP contribution in [0, 0.1) is 0 Å². The maximum absolute atomic E-state index is 11.6. The Hall–Kier alpha value is -0.700. The molecule has 7 nitrogen and oxygen atoms in total. The number of carbonyl (C=O) groups is 1. The first-order valence-electron chi connectivity index (χ1n) is 5.40. The molecule has 0 aromatic rings. The van der Waals surface area contributed by atoms with Gasteiger partial charge in [0.1, 0.15) is 6.04 Å². The van der Waals surface area contributed by atoms with E-state index in [0.29, 0.717) is 13.0 Å². The van der Waals surface area contributed by atoms with Crippen LogP contribution in [-0.4, -0.2) is 55.7 Å².